The lowest BCUT2D eigenvalue weighted by Gasteiger charge is -2.36. The van der Waals surface area contributed by atoms with E-state index >= 15 is 0 Å². The highest BCUT2D eigenvalue weighted by Gasteiger charge is 2.24. The molecule has 2 rings (SSSR count). The van der Waals surface area contributed by atoms with Crippen LogP contribution in [0.2, 0.25) is 0 Å². The molecule has 2 aliphatic rings. The zero-order valence-electron chi connectivity index (χ0n) is 13.1. The normalized spacial score (nSPS) is 20.6. The van der Waals surface area contributed by atoms with Gasteiger partial charge in [-0.15, -0.1) is 0 Å². The summed E-state index contributed by atoms with van der Waals surface area (Å²) >= 11 is 0. The second-order valence-corrected chi connectivity index (χ2v) is 5.74. The molecule has 0 radical (unpaired) electrons. The van der Waals surface area contributed by atoms with E-state index in [2.05, 4.69) is 4.90 Å². The Kier molecular flexibility index (Phi) is 6.45. The van der Waals surface area contributed by atoms with Crippen LogP contribution in [-0.2, 0) is 14.3 Å². The van der Waals surface area contributed by atoms with Gasteiger partial charge in [0.05, 0.1) is 6.54 Å². The Morgan fingerprint density at radius 2 is 1.48 bits per heavy atom. The fourth-order valence-corrected chi connectivity index (χ4v) is 2.87. The average molecular weight is 297 g/mol. The van der Waals surface area contributed by atoms with Crippen LogP contribution in [0.1, 0.15) is 26.2 Å². The smallest absolute Gasteiger partial charge is 0.248 e. The molecule has 21 heavy (non-hydrogen) atoms. The Balaban J connectivity index is 1.68. The maximum Gasteiger partial charge on any atom is 0.248 e. The van der Waals surface area contributed by atoms with Crippen LogP contribution in [0, 0.1) is 0 Å². The van der Waals surface area contributed by atoms with Gasteiger partial charge in [-0.25, -0.2) is 0 Å². The van der Waals surface area contributed by atoms with E-state index < -0.39 is 0 Å². The molecule has 0 atom stereocenters. The molecule has 2 saturated heterocycles. The topological polar surface area (TPSA) is 53.1 Å². The summed E-state index contributed by atoms with van der Waals surface area (Å²) in [5.74, 6) is 0.294. The van der Waals surface area contributed by atoms with Gasteiger partial charge in [-0.05, 0) is 26.2 Å². The first-order valence-corrected chi connectivity index (χ1v) is 8.06. The summed E-state index contributed by atoms with van der Waals surface area (Å²) in [5, 5.41) is 0. The predicted octanol–water partition coefficient (Wildman–Crippen LogP) is 0.180. The molecule has 0 spiro atoms. The van der Waals surface area contributed by atoms with Crippen LogP contribution in [0.15, 0.2) is 0 Å². The van der Waals surface area contributed by atoms with Crippen molar-refractivity contribution in [3.8, 4) is 0 Å². The lowest BCUT2D eigenvalue weighted by molar-refractivity contribution is -0.138. The number of nitrogens with zero attached hydrogens (tertiary/aromatic N) is 3. The highest BCUT2D eigenvalue weighted by molar-refractivity contribution is 5.79. The van der Waals surface area contributed by atoms with Crippen LogP contribution in [-0.4, -0.2) is 85.5 Å². The van der Waals surface area contributed by atoms with E-state index in [1.54, 1.807) is 0 Å². The number of hydrogen-bond acceptors (Lipinski definition) is 4. The van der Waals surface area contributed by atoms with Crippen molar-refractivity contribution in [2.75, 3.05) is 59.0 Å². The predicted molar refractivity (Wildman–Crippen MR) is 79.9 cm³/mol. The minimum atomic E-state index is 0.0545. The van der Waals surface area contributed by atoms with Crippen molar-refractivity contribution in [2.24, 2.45) is 0 Å². The van der Waals surface area contributed by atoms with Crippen LogP contribution in [0.25, 0.3) is 0 Å². The zero-order chi connectivity index (χ0) is 15.1. The minimum absolute atomic E-state index is 0.0545. The molecule has 0 bridgehead atoms. The summed E-state index contributed by atoms with van der Waals surface area (Å²) in [6.45, 7) is 7.87. The highest BCUT2D eigenvalue weighted by atomic mass is 16.5. The molecule has 2 fully saturated rings. The molecule has 6 heteroatoms. The van der Waals surface area contributed by atoms with Crippen molar-refractivity contribution in [1.82, 2.24) is 14.7 Å². The van der Waals surface area contributed by atoms with Gasteiger partial charge in [0.25, 0.3) is 0 Å². The number of likely N-dealkylation sites (tertiary alicyclic amines) is 1. The number of rotatable bonds is 5. The van der Waals surface area contributed by atoms with Gasteiger partial charge in [0.1, 0.15) is 6.61 Å². The standard InChI is InChI=1S/C15H27N3O3/c1-2-21-13-15(20)18-10-8-16(9-11-18)12-14(19)17-6-4-3-5-7-17/h2-13H2,1H3. The van der Waals surface area contributed by atoms with Crippen molar-refractivity contribution in [3.05, 3.63) is 0 Å². The van der Waals surface area contributed by atoms with Gasteiger partial charge in [-0.3, -0.25) is 14.5 Å². The monoisotopic (exact) mass is 297 g/mol. The van der Waals surface area contributed by atoms with Crippen molar-refractivity contribution in [3.63, 3.8) is 0 Å². The Morgan fingerprint density at radius 3 is 2.10 bits per heavy atom. The first-order chi connectivity index (χ1) is 10.2. The third kappa shape index (κ3) is 4.97. The lowest BCUT2D eigenvalue weighted by Crippen LogP contribution is -2.52. The number of carbonyl (C=O) groups excluding carboxylic acids is 2. The maximum atomic E-state index is 12.2. The van der Waals surface area contributed by atoms with E-state index in [4.69, 9.17) is 4.74 Å². The van der Waals surface area contributed by atoms with Gasteiger partial charge in [-0.2, -0.15) is 0 Å². The van der Waals surface area contributed by atoms with Gasteiger partial charge in [0, 0.05) is 45.9 Å². The summed E-state index contributed by atoms with van der Waals surface area (Å²) in [4.78, 5) is 30.0. The fraction of sp³-hybridized carbons (Fsp3) is 0.867. The number of piperazine rings is 1. The van der Waals surface area contributed by atoms with E-state index in [0.717, 1.165) is 39.0 Å². The quantitative estimate of drug-likeness (QED) is 0.726. The SMILES string of the molecule is CCOCC(=O)N1CCN(CC(=O)N2CCCCC2)CC1. The largest absolute Gasteiger partial charge is 0.372 e. The van der Waals surface area contributed by atoms with Crippen molar-refractivity contribution in [2.45, 2.75) is 26.2 Å². The van der Waals surface area contributed by atoms with Crippen LogP contribution >= 0.6 is 0 Å². The molecule has 120 valence electrons. The summed E-state index contributed by atoms with van der Waals surface area (Å²) in [7, 11) is 0. The summed E-state index contributed by atoms with van der Waals surface area (Å²) in [5.41, 5.74) is 0. The highest BCUT2D eigenvalue weighted by Crippen LogP contribution is 2.10. The van der Waals surface area contributed by atoms with Crippen LogP contribution < -0.4 is 0 Å². The summed E-state index contributed by atoms with van der Waals surface area (Å²) in [6, 6.07) is 0. The van der Waals surface area contributed by atoms with Crippen molar-refractivity contribution < 1.29 is 14.3 Å². The molecule has 2 heterocycles. The van der Waals surface area contributed by atoms with E-state index in [9.17, 15) is 9.59 Å². The van der Waals surface area contributed by atoms with Gasteiger partial charge >= 0.3 is 0 Å². The molecule has 0 aromatic heterocycles. The Bertz CT molecular complexity index is 348. The van der Waals surface area contributed by atoms with E-state index in [-0.39, 0.29) is 18.4 Å². The first-order valence-electron chi connectivity index (χ1n) is 8.06. The molecule has 2 aliphatic heterocycles. The molecule has 0 saturated carbocycles. The molecular formula is C15H27N3O3. The fourth-order valence-electron chi connectivity index (χ4n) is 2.87. The van der Waals surface area contributed by atoms with Crippen LogP contribution in [0.4, 0.5) is 0 Å². The molecule has 0 aromatic carbocycles. The van der Waals surface area contributed by atoms with Gasteiger partial charge in [0.2, 0.25) is 11.8 Å². The number of hydrogen-bond donors (Lipinski definition) is 0. The maximum absolute atomic E-state index is 12.2. The minimum Gasteiger partial charge on any atom is -0.372 e. The number of carbonyl (C=O) groups is 2. The van der Waals surface area contributed by atoms with Gasteiger partial charge in [0.15, 0.2) is 0 Å². The van der Waals surface area contributed by atoms with E-state index in [0.29, 0.717) is 26.2 Å². The zero-order valence-corrected chi connectivity index (χ0v) is 13.1. The Labute approximate surface area is 127 Å². The number of amides is 2. The van der Waals surface area contributed by atoms with Crippen LogP contribution in [0.5, 0.6) is 0 Å². The summed E-state index contributed by atoms with van der Waals surface area (Å²) in [6.07, 6.45) is 3.50. The summed E-state index contributed by atoms with van der Waals surface area (Å²) < 4.78 is 5.15. The second kappa shape index (κ2) is 8.34. The molecule has 6 nitrogen and oxygen atoms in total. The van der Waals surface area contributed by atoms with Gasteiger partial charge < -0.3 is 14.5 Å². The number of piperidine rings is 1. The second-order valence-electron chi connectivity index (χ2n) is 5.74. The van der Waals surface area contributed by atoms with E-state index in [1.807, 2.05) is 16.7 Å². The van der Waals surface area contributed by atoms with Crippen molar-refractivity contribution in [1.29, 1.82) is 0 Å². The molecule has 0 aromatic rings. The number of ether oxygens (including phenoxy) is 1. The third-order valence-electron chi connectivity index (χ3n) is 4.22. The lowest BCUT2D eigenvalue weighted by atomic mass is 10.1. The molecule has 2 amide bonds. The molecule has 0 N–H and O–H groups in total. The van der Waals surface area contributed by atoms with E-state index in [1.165, 1.54) is 6.42 Å². The third-order valence-corrected chi connectivity index (χ3v) is 4.22. The van der Waals surface area contributed by atoms with Gasteiger partial charge in [-0.1, -0.05) is 0 Å². The average Bonchev–Trinajstić information content (AvgIpc) is 2.54. The molecular weight excluding hydrogens is 270 g/mol. The Hall–Kier alpha value is -1.14. The first kappa shape index (κ1) is 16.2. The Morgan fingerprint density at radius 1 is 0.857 bits per heavy atom. The van der Waals surface area contributed by atoms with Crippen LogP contribution in [0.3, 0.4) is 0 Å². The van der Waals surface area contributed by atoms with Crippen molar-refractivity contribution >= 4 is 11.8 Å². The molecule has 0 aliphatic carbocycles. The molecule has 0 unspecified atom stereocenters.